The zero-order valence-corrected chi connectivity index (χ0v) is 16.4. The van der Waals surface area contributed by atoms with E-state index in [1.54, 1.807) is 12.1 Å². The zero-order chi connectivity index (χ0) is 18.6. The lowest BCUT2D eigenvalue weighted by molar-refractivity contribution is 0.187. The molecule has 0 bridgehead atoms. The van der Waals surface area contributed by atoms with Gasteiger partial charge in [0.1, 0.15) is 5.82 Å². The van der Waals surface area contributed by atoms with E-state index < -0.39 is 0 Å². The molecule has 1 saturated heterocycles. The molecule has 2 fully saturated rings. The van der Waals surface area contributed by atoms with Crippen molar-refractivity contribution < 1.29 is 4.39 Å². The maximum atomic E-state index is 14.2. The van der Waals surface area contributed by atoms with Crippen LogP contribution < -0.4 is 10.6 Å². The number of rotatable bonds is 6. The summed E-state index contributed by atoms with van der Waals surface area (Å²) in [6, 6.07) is 7.64. The summed E-state index contributed by atoms with van der Waals surface area (Å²) in [5.74, 6) is 1.48. The number of guanidine groups is 1. The van der Waals surface area contributed by atoms with Gasteiger partial charge in [-0.2, -0.15) is 0 Å². The van der Waals surface area contributed by atoms with Crippen LogP contribution in [0.1, 0.15) is 45.1 Å². The van der Waals surface area contributed by atoms with Gasteiger partial charge >= 0.3 is 0 Å². The highest BCUT2D eigenvalue weighted by Crippen LogP contribution is 2.48. The molecule has 0 amide bonds. The van der Waals surface area contributed by atoms with Crippen LogP contribution in [-0.2, 0) is 5.41 Å². The average molecular weight is 361 g/mol. The van der Waals surface area contributed by atoms with Crippen molar-refractivity contribution in [2.75, 3.05) is 33.2 Å². The van der Waals surface area contributed by atoms with Gasteiger partial charge in [0.15, 0.2) is 5.96 Å². The molecule has 2 aliphatic rings. The highest BCUT2D eigenvalue weighted by molar-refractivity contribution is 5.80. The number of hydrogen-bond donors (Lipinski definition) is 2. The summed E-state index contributed by atoms with van der Waals surface area (Å²) in [5, 5.41) is 7.01. The minimum Gasteiger partial charge on any atom is -0.356 e. The third kappa shape index (κ3) is 4.76. The number of halogens is 1. The van der Waals surface area contributed by atoms with Crippen molar-refractivity contribution in [3.8, 4) is 0 Å². The lowest BCUT2D eigenvalue weighted by Crippen LogP contribution is -2.50. The second-order valence-corrected chi connectivity index (χ2v) is 8.30. The first kappa shape index (κ1) is 19.2. The van der Waals surface area contributed by atoms with Crippen LogP contribution in [0.3, 0.4) is 0 Å². The lowest BCUT2D eigenvalue weighted by Gasteiger charge is -2.34. The quantitative estimate of drug-likeness (QED) is 0.605. The van der Waals surface area contributed by atoms with Gasteiger partial charge in [0.2, 0.25) is 0 Å². The molecule has 26 heavy (non-hydrogen) atoms. The Morgan fingerprint density at radius 2 is 1.96 bits per heavy atom. The van der Waals surface area contributed by atoms with Crippen LogP contribution in [0.2, 0.25) is 0 Å². The Morgan fingerprint density at radius 3 is 2.54 bits per heavy atom. The molecule has 5 heteroatoms. The Hall–Kier alpha value is -1.62. The van der Waals surface area contributed by atoms with Crippen LogP contribution in [0.25, 0.3) is 0 Å². The fourth-order valence-electron chi connectivity index (χ4n) is 4.00. The van der Waals surface area contributed by atoms with Crippen molar-refractivity contribution in [1.29, 1.82) is 0 Å². The summed E-state index contributed by atoms with van der Waals surface area (Å²) in [4.78, 5) is 6.94. The first-order valence-electron chi connectivity index (χ1n) is 9.97. The number of likely N-dealkylation sites (tertiary alicyclic amines) is 1. The van der Waals surface area contributed by atoms with E-state index in [0.717, 1.165) is 62.8 Å². The number of nitrogens with one attached hydrogen (secondary N) is 2. The number of benzene rings is 1. The van der Waals surface area contributed by atoms with Crippen LogP contribution >= 0.6 is 0 Å². The second kappa shape index (κ2) is 8.38. The summed E-state index contributed by atoms with van der Waals surface area (Å²) < 4.78 is 14.2. The number of hydrogen-bond acceptors (Lipinski definition) is 2. The monoisotopic (exact) mass is 360 g/mol. The van der Waals surface area contributed by atoms with Gasteiger partial charge in [-0.25, -0.2) is 4.39 Å². The molecule has 0 spiro atoms. The SMILES string of the molecule is CN=C(NCC1(c2ccccc2F)CC1)NC1CCN(CC(C)C)CC1. The molecule has 2 N–H and O–H groups in total. The molecular formula is C21H33FN4. The van der Waals surface area contributed by atoms with Gasteiger partial charge < -0.3 is 15.5 Å². The summed E-state index contributed by atoms with van der Waals surface area (Å²) in [6.07, 6.45) is 4.36. The Morgan fingerprint density at radius 1 is 1.27 bits per heavy atom. The van der Waals surface area contributed by atoms with E-state index in [-0.39, 0.29) is 11.2 Å². The first-order valence-corrected chi connectivity index (χ1v) is 9.97. The van der Waals surface area contributed by atoms with Crippen molar-refractivity contribution in [3.63, 3.8) is 0 Å². The Balaban J connectivity index is 1.48. The van der Waals surface area contributed by atoms with Gasteiger partial charge in [-0.15, -0.1) is 0 Å². The molecule has 1 aromatic carbocycles. The summed E-state index contributed by atoms with van der Waals surface area (Å²) >= 11 is 0. The average Bonchev–Trinajstić information content (AvgIpc) is 3.41. The van der Waals surface area contributed by atoms with E-state index in [4.69, 9.17) is 0 Å². The van der Waals surface area contributed by atoms with Gasteiger partial charge in [0, 0.05) is 44.7 Å². The number of aliphatic imine (C=N–C) groups is 1. The van der Waals surface area contributed by atoms with E-state index in [9.17, 15) is 4.39 Å². The maximum Gasteiger partial charge on any atom is 0.191 e. The van der Waals surface area contributed by atoms with Crippen molar-refractivity contribution >= 4 is 5.96 Å². The standard InChI is InChI=1S/C21H33FN4/c1-16(2)14-26-12-8-17(9-13-26)25-20(23-3)24-15-21(10-11-21)18-6-4-5-7-19(18)22/h4-7,16-17H,8-15H2,1-3H3,(H2,23,24,25). The molecule has 0 unspecified atom stereocenters. The first-order chi connectivity index (χ1) is 12.5. The van der Waals surface area contributed by atoms with Crippen molar-refractivity contribution in [3.05, 3.63) is 35.6 Å². The number of piperidine rings is 1. The maximum absolute atomic E-state index is 14.2. The third-order valence-corrected chi connectivity index (χ3v) is 5.67. The summed E-state index contributed by atoms with van der Waals surface area (Å²) in [7, 11) is 1.81. The van der Waals surface area contributed by atoms with Gasteiger partial charge in [-0.05, 0) is 43.2 Å². The molecule has 144 valence electrons. The predicted octanol–water partition coefficient (Wildman–Crippen LogP) is 3.14. The molecule has 1 aliphatic carbocycles. The molecule has 1 aliphatic heterocycles. The molecule has 0 radical (unpaired) electrons. The molecule has 1 saturated carbocycles. The summed E-state index contributed by atoms with van der Waals surface area (Å²) in [5.41, 5.74) is 0.772. The Kier molecular flexibility index (Phi) is 6.17. The smallest absolute Gasteiger partial charge is 0.191 e. The van der Waals surface area contributed by atoms with E-state index in [1.165, 1.54) is 6.54 Å². The second-order valence-electron chi connectivity index (χ2n) is 8.30. The van der Waals surface area contributed by atoms with Crippen LogP contribution in [0.4, 0.5) is 4.39 Å². The molecule has 1 aromatic rings. The van der Waals surface area contributed by atoms with Crippen molar-refractivity contribution in [2.24, 2.45) is 10.9 Å². The van der Waals surface area contributed by atoms with Crippen LogP contribution in [-0.4, -0.2) is 50.1 Å². The molecule has 1 heterocycles. The normalized spacial score (nSPS) is 21.0. The van der Waals surface area contributed by atoms with Crippen LogP contribution in [0.15, 0.2) is 29.3 Å². The number of nitrogens with zero attached hydrogens (tertiary/aromatic N) is 2. The molecule has 3 rings (SSSR count). The summed E-state index contributed by atoms with van der Waals surface area (Å²) in [6.45, 7) is 8.77. The van der Waals surface area contributed by atoms with Gasteiger partial charge in [0.25, 0.3) is 0 Å². The van der Waals surface area contributed by atoms with Gasteiger partial charge in [0.05, 0.1) is 0 Å². The highest BCUT2D eigenvalue weighted by atomic mass is 19.1. The van der Waals surface area contributed by atoms with E-state index in [0.29, 0.717) is 6.04 Å². The van der Waals surface area contributed by atoms with Crippen LogP contribution in [0, 0.1) is 11.7 Å². The largest absolute Gasteiger partial charge is 0.356 e. The molecular weight excluding hydrogens is 327 g/mol. The zero-order valence-electron chi connectivity index (χ0n) is 16.4. The van der Waals surface area contributed by atoms with E-state index >= 15 is 0 Å². The minimum atomic E-state index is -0.0905. The lowest BCUT2D eigenvalue weighted by atomic mass is 9.95. The molecule has 0 atom stereocenters. The molecule has 4 nitrogen and oxygen atoms in total. The fraction of sp³-hybridized carbons (Fsp3) is 0.667. The fourth-order valence-corrected chi connectivity index (χ4v) is 4.00. The van der Waals surface area contributed by atoms with Crippen molar-refractivity contribution in [1.82, 2.24) is 15.5 Å². The van der Waals surface area contributed by atoms with Gasteiger partial charge in [-0.3, -0.25) is 4.99 Å². The minimum absolute atomic E-state index is 0.0659. The van der Waals surface area contributed by atoms with Gasteiger partial charge in [-0.1, -0.05) is 32.0 Å². The topological polar surface area (TPSA) is 39.7 Å². The van der Waals surface area contributed by atoms with E-state index in [2.05, 4.69) is 34.4 Å². The Labute approximate surface area is 157 Å². The third-order valence-electron chi connectivity index (χ3n) is 5.67. The van der Waals surface area contributed by atoms with Crippen molar-refractivity contribution in [2.45, 2.75) is 51.0 Å². The highest BCUT2D eigenvalue weighted by Gasteiger charge is 2.45. The molecule has 0 aromatic heterocycles. The van der Waals surface area contributed by atoms with E-state index in [1.807, 2.05) is 19.2 Å². The Bertz CT molecular complexity index is 616. The van der Waals surface area contributed by atoms with Crippen LogP contribution in [0.5, 0.6) is 0 Å². The predicted molar refractivity (Wildman–Crippen MR) is 106 cm³/mol.